The summed E-state index contributed by atoms with van der Waals surface area (Å²) < 4.78 is 10.4. The fourth-order valence-electron chi connectivity index (χ4n) is 1.74. The maximum absolute atomic E-state index is 11.9. The van der Waals surface area contributed by atoms with Crippen LogP contribution in [0.15, 0.2) is 9.72 Å². The van der Waals surface area contributed by atoms with Crippen molar-refractivity contribution in [2.24, 2.45) is 0 Å². The number of hydrogen-bond donors (Lipinski definition) is 1. The molecular weight excluding hydrogens is 344 g/mol. The number of ether oxygens (including phenoxy) is 2. The molecule has 2 N–H and O–H groups in total. The molecule has 9 heteroatoms. The molecule has 2 aromatic heterocycles. The van der Waals surface area contributed by atoms with Crippen molar-refractivity contribution in [2.45, 2.75) is 17.0 Å². The van der Waals surface area contributed by atoms with E-state index in [0.717, 1.165) is 21.4 Å². The van der Waals surface area contributed by atoms with Gasteiger partial charge in [-0.15, -0.1) is 22.7 Å². The number of rotatable bonds is 5. The van der Waals surface area contributed by atoms with Gasteiger partial charge in [-0.2, -0.15) is 0 Å². The number of hydrogen-bond acceptors (Lipinski definition) is 9. The van der Waals surface area contributed by atoms with Crippen molar-refractivity contribution in [1.82, 2.24) is 4.98 Å². The average Bonchev–Trinajstić information content (AvgIpc) is 3.06. The van der Waals surface area contributed by atoms with Gasteiger partial charge in [0.15, 0.2) is 0 Å². The van der Waals surface area contributed by atoms with Gasteiger partial charge in [-0.3, -0.25) is 0 Å². The third-order valence-corrected chi connectivity index (χ3v) is 5.94. The molecule has 22 heavy (non-hydrogen) atoms. The first kappa shape index (κ1) is 16.8. The van der Waals surface area contributed by atoms with Gasteiger partial charge in [0.05, 0.1) is 19.8 Å². The first-order valence-electron chi connectivity index (χ1n) is 6.10. The second kappa shape index (κ2) is 7.12. The van der Waals surface area contributed by atoms with Gasteiger partial charge in [0.1, 0.15) is 14.2 Å². The van der Waals surface area contributed by atoms with E-state index in [0.29, 0.717) is 16.2 Å². The molecule has 0 saturated carbocycles. The number of thiazole rings is 1. The number of carbonyl (C=O) groups excluding carboxylic acids is 2. The third kappa shape index (κ3) is 3.42. The van der Waals surface area contributed by atoms with E-state index < -0.39 is 11.9 Å². The van der Waals surface area contributed by atoms with Crippen molar-refractivity contribution in [3.05, 3.63) is 27.1 Å². The Kier molecular flexibility index (Phi) is 5.43. The maximum Gasteiger partial charge on any atom is 0.348 e. The average molecular weight is 358 g/mol. The number of nitrogens with two attached hydrogens (primary N) is 1. The van der Waals surface area contributed by atoms with E-state index >= 15 is 0 Å². The Hall–Kier alpha value is -1.58. The highest BCUT2D eigenvalue weighted by Crippen LogP contribution is 2.37. The number of esters is 2. The topological polar surface area (TPSA) is 91.5 Å². The zero-order valence-electron chi connectivity index (χ0n) is 12.2. The Labute approximate surface area is 139 Å². The summed E-state index contributed by atoms with van der Waals surface area (Å²) in [5.41, 5.74) is 7.56. The van der Waals surface area contributed by atoms with E-state index in [9.17, 15) is 9.59 Å². The van der Waals surface area contributed by atoms with Crippen LogP contribution in [-0.4, -0.2) is 31.1 Å². The predicted octanol–water partition coefficient (Wildman–Crippen LogP) is 2.96. The standard InChI is InChI=1S/C13H14N2O4S3/c1-6-4-20-13(15-6)21-5-7-8(11(16)18-2)10(14)22-9(7)12(17)19-3/h4H,5,14H2,1-3H3. The van der Waals surface area contributed by atoms with Gasteiger partial charge in [-0.1, -0.05) is 11.8 Å². The molecule has 2 rings (SSSR count). The number of nitrogens with zero attached hydrogens (tertiary/aromatic N) is 1. The van der Waals surface area contributed by atoms with Crippen molar-refractivity contribution in [3.8, 4) is 0 Å². The van der Waals surface area contributed by atoms with Gasteiger partial charge in [0.25, 0.3) is 0 Å². The van der Waals surface area contributed by atoms with Gasteiger partial charge in [0, 0.05) is 22.4 Å². The van der Waals surface area contributed by atoms with E-state index in [1.165, 1.54) is 37.3 Å². The molecule has 2 aromatic rings. The molecule has 0 unspecified atom stereocenters. The van der Waals surface area contributed by atoms with Crippen molar-refractivity contribution in [1.29, 1.82) is 0 Å². The molecule has 0 radical (unpaired) electrons. The monoisotopic (exact) mass is 358 g/mol. The molecule has 0 fully saturated rings. The summed E-state index contributed by atoms with van der Waals surface area (Å²) in [6.07, 6.45) is 0. The quantitative estimate of drug-likeness (QED) is 0.649. The Bertz CT molecular complexity index is 708. The summed E-state index contributed by atoms with van der Waals surface area (Å²) in [5, 5.41) is 2.19. The van der Waals surface area contributed by atoms with Gasteiger partial charge < -0.3 is 15.2 Å². The highest BCUT2D eigenvalue weighted by Gasteiger charge is 2.27. The van der Waals surface area contributed by atoms with E-state index in [1.807, 2.05) is 12.3 Å². The lowest BCUT2D eigenvalue weighted by Crippen LogP contribution is -2.08. The lowest BCUT2D eigenvalue weighted by atomic mass is 10.1. The fourth-order valence-corrected chi connectivity index (χ4v) is 4.70. The molecule has 0 bridgehead atoms. The molecule has 0 saturated heterocycles. The molecule has 6 nitrogen and oxygen atoms in total. The van der Waals surface area contributed by atoms with Crippen LogP contribution in [0.25, 0.3) is 0 Å². The van der Waals surface area contributed by atoms with E-state index in [2.05, 4.69) is 4.98 Å². The molecule has 118 valence electrons. The van der Waals surface area contributed by atoms with E-state index in [4.69, 9.17) is 15.2 Å². The molecular formula is C13H14N2O4S3. The first-order chi connectivity index (χ1) is 10.5. The molecule has 0 spiro atoms. The Morgan fingerprint density at radius 1 is 1.32 bits per heavy atom. The van der Waals surface area contributed by atoms with E-state index in [-0.39, 0.29) is 10.6 Å². The summed E-state index contributed by atoms with van der Waals surface area (Å²) in [6.45, 7) is 1.91. The number of thiophene rings is 1. The lowest BCUT2D eigenvalue weighted by Gasteiger charge is -2.05. The van der Waals surface area contributed by atoms with Crippen LogP contribution in [0.3, 0.4) is 0 Å². The number of aromatic nitrogens is 1. The van der Waals surface area contributed by atoms with Gasteiger partial charge in [0.2, 0.25) is 0 Å². The first-order valence-corrected chi connectivity index (χ1v) is 8.78. The van der Waals surface area contributed by atoms with Crippen LogP contribution < -0.4 is 5.73 Å². The second-order valence-electron chi connectivity index (χ2n) is 4.18. The minimum atomic E-state index is -0.560. The molecule has 0 aliphatic rings. The number of aryl methyl sites for hydroxylation is 1. The Balaban J connectivity index is 2.36. The van der Waals surface area contributed by atoms with Gasteiger partial charge >= 0.3 is 11.9 Å². The van der Waals surface area contributed by atoms with Crippen LogP contribution in [0.2, 0.25) is 0 Å². The van der Waals surface area contributed by atoms with Crippen molar-refractivity contribution >= 4 is 51.4 Å². The van der Waals surface area contributed by atoms with Crippen molar-refractivity contribution in [3.63, 3.8) is 0 Å². The molecule has 0 aromatic carbocycles. The second-order valence-corrected chi connectivity index (χ2v) is 7.31. The van der Waals surface area contributed by atoms with Crippen LogP contribution in [0.1, 0.15) is 31.3 Å². The summed E-state index contributed by atoms with van der Waals surface area (Å²) in [6, 6.07) is 0. The van der Waals surface area contributed by atoms with E-state index in [1.54, 1.807) is 0 Å². The van der Waals surface area contributed by atoms with Crippen molar-refractivity contribution in [2.75, 3.05) is 20.0 Å². The van der Waals surface area contributed by atoms with Crippen LogP contribution in [0.5, 0.6) is 0 Å². The highest BCUT2D eigenvalue weighted by atomic mass is 32.2. The zero-order chi connectivity index (χ0) is 16.3. The summed E-state index contributed by atoms with van der Waals surface area (Å²) in [7, 11) is 2.57. The summed E-state index contributed by atoms with van der Waals surface area (Å²) in [4.78, 5) is 28.5. The normalized spacial score (nSPS) is 10.5. The number of anilines is 1. The highest BCUT2D eigenvalue weighted by molar-refractivity contribution is 8.00. The molecule has 0 atom stereocenters. The summed E-state index contributed by atoms with van der Waals surface area (Å²) in [5.74, 6) is -0.692. The Morgan fingerprint density at radius 2 is 2.00 bits per heavy atom. The van der Waals surface area contributed by atoms with Crippen LogP contribution in [0.4, 0.5) is 5.00 Å². The number of nitrogen functional groups attached to an aromatic ring is 1. The van der Waals surface area contributed by atoms with Crippen molar-refractivity contribution < 1.29 is 19.1 Å². The minimum absolute atomic E-state index is 0.230. The van der Waals surface area contributed by atoms with Crippen LogP contribution in [-0.2, 0) is 15.2 Å². The smallest absolute Gasteiger partial charge is 0.348 e. The molecule has 0 aliphatic carbocycles. The van der Waals surface area contributed by atoms with Crippen LogP contribution in [0, 0.1) is 6.92 Å². The van der Waals surface area contributed by atoms with Gasteiger partial charge in [-0.25, -0.2) is 14.6 Å². The van der Waals surface area contributed by atoms with Gasteiger partial charge in [-0.05, 0) is 6.92 Å². The maximum atomic E-state index is 11.9. The summed E-state index contributed by atoms with van der Waals surface area (Å²) >= 11 is 3.97. The zero-order valence-corrected chi connectivity index (χ0v) is 14.6. The lowest BCUT2D eigenvalue weighted by molar-refractivity contribution is 0.0601. The predicted molar refractivity (Wildman–Crippen MR) is 87.8 cm³/mol. The number of carbonyl (C=O) groups is 2. The third-order valence-electron chi connectivity index (χ3n) is 2.73. The minimum Gasteiger partial charge on any atom is -0.465 e. The Morgan fingerprint density at radius 3 is 2.55 bits per heavy atom. The van der Waals surface area contributed by atoms with Crippen LogP contribution >= 0.6 is 34.4 Å². The SMILES string of the molecule is COC(=O)c1sc(N)c(C(=O)OC)c1CSc1nc(C)cs1. The largest absolute Gasteiger partial charge is 0.465 e. The fraction of sp³-hybridized carbons (Fsp3) is 0.308. The molecule has 2 heterocycles. The number of methoxy groups -OCH3 is 2. The number of thioether (sulfide) groups is 1. The molecule has 0 amide bonds. The molecule has 0 aliphatic heterocycles.